The number of amides is 4. The summed E-state index contributed by atoms with van der Waals surface area (Å²) in [6.07, 6.45) is 6.67. The number of hydrogen-bond acceptors (Lipinski definition) is 8. The SMILES string of the molecule is Bc1c(B)c(-c2c[nH]c([C@@H]3CC4(CC4)CN3C(=O)[C@@H](NC(=O)OC)C(C)C)n2)c(B)c(B)c1C#Cc1ccc2[nH]c([C@@H]3CC4(CC4)CN3C(=O)[C@@H](NC(=O)OC)C(C)C)nc2c1. The Hall–Kier alpha value is -5.58. The van der Waals surface area contributed by atoms with Crippen molar-refractivity contribution in [3.63, 3.8) is 0 Å². The molecule has 4 aliphatic rings. The van der Waals surface area contributed by atoms with Crippen molar-refractivity contribution in [2.24, 2.45) is 22.7 Å². The first-order valence-electron chi connectivity index (χ1n) is 22.0. The number of hydrogen-bond donors (Lipinski definition) is 4. The van der Waals surface area contributed by atoms with Gasteiger partial charge in [-0.25, -0.2) is 19.6 Å². The molecular weight excluding hydrogens is 780 g/mol. The second kappa shape index (κ2) is 16.3. The van der Waals surface area contributed by atoms with E-state index in [4.69, 9.17) is 19.4 Å². The minimum atomic E-state index is -0.702. The first-order valence-corrected chi connectivity index (χ1v) is 22.0. The molecule has 4 atom stereocenters. The van der Waals surface area contributed by atoms with E-state index in [0.29, 0.717) is 13.1 Å². The second-order valence-corrected chi connectivity index (χ2v) is 19.1. The first-order chi connectivity index (χ1) is 29.5. The molecule has 0 unspecified atom stereocenters. The maximum atomic E-state index is 14.0. The predicted octanol–water partition coefficient (Wildman–Crippen LogP) is -0.745. The fraction of sp³-hybridized carbons (Fsp3) is 0.500. The molecule has 14 nitrogen and oxygen atoms in total. The average Bonchev–Trinajstić information content (AvgIpc) is 3.87. The van der Waals surface area contributed by atoms with Crippen LogP contribution < -0.4 is 32.5 Å². The number of nitrogens with zero attached hydrogens (tertiary/aromatic N) is 4. The summed E-state index contributed by atoms with van der Waals surface area (Å²) in [6, 6.07) is 4.13. The molecule has 2 aliphatic heterocycles. The van der Waals surface area contributed by atoms with E-state index in [1.54, 1.807) is 0 Å². The standard InChI is InChI=1S/C44H56B4N8O6/c1-21(2)35(53-41(59)61-5)39(57)55-19-43(11-12-43)16-28(55)37-49-18-27(52-37)30-33(47)31(45)24(32(46)34(30)48)9-7-23-8-10-25-26(15-23)51-38(50-25)29-17-44(13-14-44)20-56(29)40(58)36(22(3)4)54-42(60)62-6/h8,10,15,18,21-22,28-29,35-36H,11-14,16-17,19-20,45-48H2,1-6H3,(H,49,52)(H,50,51)(H,53,59)(H,54,60)/t28-,29-,35-,36-/m0/s1. The van der Waals surface area contributed by atoms with Gasteiger partial charge < -0.3 is 39.9 Å². The fourth-order valence-corrected chi connectivity index (χ4v) is 9.81. The molecule has 62 heavy (non-hydrogen) atoms. The quantitative estimate of drug-likeness (QED) is 0.126. The van der Waals surface area contributed by atoms with Crippen molar-refractivity contribution >= 4 is 88.3 Å². The maximum absolute atomic E-state index is 14.0. The van der Waals surface area contributed by atoms with E-state index < -0.39 is 24.3 Å². The molecule has 0 radical (unpaired) electrons. The molecule has 2 aliphatic carbocycles. The lowest BCUT2D eigenvalue weighted by Crippen LogP contribution is -2.51. The number of nitrogens with one attached hydrogen (secondary N) is 4. The van der Waals surface area contributed by atoms with Crippen LogP contribution in [0.15, 0.2) is 24.4 Å². The normalized spacial score (nSPS) is 20.3. The third-order valence-electron chi connectivity index (χ3n) is 14.2. The van der Waals surface area contributed by atoms with E-state index in [2.05, 4.69) is 63.8 Å². The van der Waals surface area contributed by atoms with Gasteiger partial charge in [0.05, 0.1) is 43.0 Å². The van der Waals surface area contributed by atoms with E-state index in [1.807, 2.05) is 61.9 Å². The van der Waals surface area contributed by atoms with Crippen LogP contribution in [0.4, 0.5) is 9.59 Å². The Labute approximate surface area is 366 Å². The van der Waals surface area contributed by atoms with E-state index in [-0.39, 0.29) is 46.6 Å². The van der Waals surface area contributed by atoms with E-state index >= 15 is 0 Å². The van der Waals surface area contributed by atoms with Gasteiger partial charge in [-0.05, 0) is 85.0 Å². The number of benzene rings is 2. The lowest BCUT2D eigenvalue weighted by atomic mass is 9.64. The van der Waals surface area contributed by atoms with Gasteiger partial charge in [0.15, 0.2) is 0 Å². The van der Waals surface area contributed by atoms with Crippen molar-refractivity contribution < 1.29 is 28.7 Å². The predicted molar refractivity (Wildman–Crippen MR) is 249 cm³/mol. The van der Waals surface area contributed by atoms with Gasteiger partial charge in [0.1, 0.15) is 55.1 Å². The lowest BCUT2D eigenvalue weighted by Gasteiger charge is -2.30. The molecule has 4 N–H and O–H groups in total. The third-order valence-corrected chi connectivity index (χ3v) is 14.2. The highest BCUT2D eigenvalue weighted by atomic mass is 16.5. The molecule has 4 fully saturated rings. The lowest BCUT2D eigenvalue weighted by molar-refractivity contribution is -0.136. The van der Waals surface area contributed by atoms with Crippen LogP contribution in [-0.4, -0.2) is 125 Å². The molecule has 2 saturated carbocycles. The Morgan fingerprint density at radius 1 is 0.758 bits per heavy atom. The minimum absolute atomic E-state index is 0.101. The molecule has 320 valence electrons. The van der Waals surface area contributed by atoms with Crippen molar-refractivity contribution in [2.45, 2.75) is 90.4 Å². The summed E-state index contributed by atoms with van der Waals surface area (Å²) in [5.41, 5.74) is 9.87. The van der Waals surface area contributed by atoms with E-state index in [0.717, 1.165) is 105 Å². The van der Waals surface area contributed by atoms with Gasteiger partial charge in [-0.2, -0.15) is 0 Å². The molecule has 4 aromatic rings. The summed E-state index contributed by atoms with van der Waals surface area (Å²) in [6.45, 7) is 8.99. The number of fused-ring (bicyclic) bond motifs is 1. The van der Waals surface area contributed by atoms with Gasteiger partial charge >= 0.3 is 12.2 Å². The smallest absolute Gasteiger partial charge is 0.407 e. The number of aromatic amines is 2. The Balaban J connectivity index is 1.04. The van der Waals surface area contributed by atoms with Crippen LogP contribution in [0.25, 0.3) is 22.3 Å². The molecule has 4 amide bonds. The summed E-state index contributed by atoms with van der Waals surface area (Å²) in [7, 11) is 11.0. The Bertz CT molecular complexity index is 2510. The Kier molecular flexibility index (Phi) is 11.3. The number of H-pyrrole nitrogens is 2. The van der Waals surface area contributed by atoms with Crippen LogP contribution in [0.2, 0.25) is 0 Å². The van der Waals surface area contributed by atoms with Crippen molar-refractivity contribution in [1.29, 1.82) is 0 Å². The molecule has 18 heteroatoms. The van der Waals surface area contributed by atoms with Crippen LogP contribution in [-0.2, 0) is 19.1 Å². The Morgan fingerprint density at radius 3 is 1.76 bits per heavy atom. The fourth-order valence-electron chi connectivity index (χ4n) is 9.81. The number of alkyl carbamates (subject to hydrolysis) is 2. The third kappa shape index (κ3) is 7.99. The second-order valence-electron chi connectivity index (χ2n) is 19.1. The average molecular weight is 836 g/mol. The van der Waals surface area contributed by atoms with Gasteiger partial charge in [0, 0.05) is 30.4 Å². The molecule has 0 bridgehead atoms. The molecule has 8 rings (SSSR count). The molecule has 2 saturated heterocycles. The zero-order chi connectivity index (χ0) is 44.4. The van der Waals surface area contributed by atoms with E-state index in [9.17, 15) is 19.2 Å². The van der Waals surface area contributed by atoms with Crippen molar-refractivity contribution in [1.82, 2.24) is 40.4 Å². The molecule has 2 spiro atoms. The van der Waals surface area contributed by atoms with Crippen LogP contribution in [0, 0.1) is 34.5 Å². The summed E-state index contributed by atoms with van der Waals surface area (Å²) < 4.78 is 9.68. The van der Waals surface area contributed by atoms with Gasteiger partial charge in [-0.1, -0.05) is 61.4 Å². The van der Waals surface area contributed by atoms with Crippen LogP contribution in [0.5, 0.6) is 0 Å². The van der Waals surface area contributed by atoms with Crippen molar-refractivity contribution in [3.05, 3.63) is 47.2 Å². The van der Waals surface area contributed by atoms with Gasteiger partial charge in [-0.15, -0.1) is 0 Å². The van der Waals surface area contributed by atoms with Gasteiger partial charge in [-0.3, -0.25) is 9.59 Å². The maximum Gasteiger partial charge on any atom is 0.407 e. The molecule has 2 aromatic heterocycles. The van der Waals surface area contributed by atoms with Crippen molar-refractivity contribution in [2.75, 3.05) is 27.3 Å². The Morgan fingerprint density at radius 2 is 1.27 bits per heavy atom. The largest absolute Gasteiger partial charge is 0.453 e. The first kappa shape index (κ1) is 43.1. The highest BCUT2D eigenvalue weighted by molar-refractivity contribution is 6.60. The monoisotopic (exact) mass is 836 g/mol. The number of aromatic nitrogens is 4. The molecule has 2 aromatic carbocycles. The summed E-state index contributed by atoms with van der Waals surface area (Å²) >= 11 is 0. The molecular formula is C44H56B4N8O6. The van der Waals surface area contributed by atoms with Gasteiger partial charge in [0.25, 0.3) is 0 Å². The summed E-state index contributed by atoms with van der Waals surface area (Å²) in [4.78, 5) is 73.3. The zero-order valence-corrected chi connectivity index (χ0v) is 37.7. The number of methoxy groups -OCH3 is 2. The van der Waals surface area contributed by atoms with Crippen molar-refractivity contribution in [3.8, 4) is 23.1 Å². The minimum Gasteiger partial charge on any atom is -0.453 e. The summed E-state index contributed by atoms with van der Waals surface area (Å²) in [5.74, 6) is 7.94. The highest BCUT2D eigenvalue weighted by Crippen LogP contribution is 2.59. The molecule has 4 heterocycles. The highest BCUT2D eigenvalue weighted by Gasteiger charge is 2.56. The van der Waals surface area contributed by atoms with Crippen LogP contribution in [0.1, 0.15) is 101 Å². The number of ether oxygens (including phenoxy) is 2. The number of likely N-dealkylation sites (tertiary alicyclic amines) is 2. The van der Waals surface area contributed by atoms with E-state index in [1.165, 1.54) is 14.2 Å². The van der Waals surface area contributed by atoms with Crippen LogP contribution in [0.3, 0.4) is 0 Å². The number of carbonyl (C=O) groups excluding carboxylic acids is 4. The van der Waals surface area contributed by atoms with Gasteiger partial charge in [0.2, 0.25) is 11.8 Å². The number of imidazole rings is 2. The number of rotatable bonds is 9. The summed E-state index contributed by atoms with van der Waals surface area (Å²) in [5, 5.41) is 5.52. The van der Waals surface area contributed by atoms with Crippen LogP contribution >= 0.6 is 0 Å². The number of carbonyl (C=O) groups is 4. The zero-order valence-electron chi connectivity index (χ0n) is 37.7. The topological polar surface area (TPSA) is 175 Å².